The Morgan fingerprint density at radius 1 is 1.52 bits per heavy atom. The first-order valence-electron chi connectivity index (χ1n) is 6.69. The van der Waals surface area contributed by atoms with Crippen LogP contribution in [-0.4, -0.2) is 31.4 Å². The van der Waals surface area contributed by atoms with Gasteiger partial charge in [-0.05, 0) is 17.9 Å². The molecule has 0 radical (unpaired) electrons. The van der Waals surface area contributed by atoms with Crippen molar-refractivity contribution in [2.45, 2.75) is 38.9 Å². The van der Waals surface area contributed by atoms with E-state index >= 15 is 0 Å². The maximum absolute atomic E-state index is 10.8. The van der Waals surface area contributed by atoms with Crippen LogP contribution in [0.2, 0.25) is 5.02 Å². The summed E-state index contributed by atoms with van der Waals surface area (Å²) in [5.41, 5.74) is 1.52. The van der Waals surface area contributed by atoms with Crippen molar-refractivity contribution in [3.05, 3.63) is 17.3 Å². The summed E-state index contributed by atoms with van der Waals surface area (Å²) in [4.78, 5) is 19.6. The van der Waals surface area contributed by atoms with Gasteiger partial charge in [0, 0.05) is 12.7 Å². The Balaban J connectivity index is 2.46. The Morgan fingerprint density at radius 3 is 2.86 bits per heavy atom. The van der Waals surface area contributed by atoms with Crippen LogP contribution in [0.5, 0.6) is 0 Å². The maximum Gasteiger partial charge on any atom is 0.313 e. The molecule has 2 rings (SSSR count). The van der Waals surface area contributed by atoms with Crippen LogP contribution in [0.1, 0.15) is 27.2 Å². The number of halogens is 1. The number of thioether (sulfide) groups is 1. The normalized spacial score (nSPS) is 12.0. The summed E-state index contributed by atoms with van der Waals surface area (Å²) in [5.74, 6) is -0.886. The number of imidazole rings is 1. The highest BCUT2D eigenvalue weighted by molar-refractivity contribution is 7.99. The first kappa shape index (κ1) is 16.1. The fraction of sp³-hybridized carbons (Fsp3) is 0.500. The third-order valence-corrected chi connectivity index (χ3v) is 4.55. The summed E-state index contributed by atoms with van der Waals surface area (Å²) in [6.45, 7) is 7.20. The molecule has 21 heavy (non-hydrogen) atoms. The van der Waals surface area contributed by atoms with Gasteiger partial charge in [-0.1, -0.05) is 44.1 Å². The van der Waals surface area contributed by atoms with E-state index in [9.17, 15) is 4.79 Å². The van der Waals surface area contributed by atoms with Crippen LogP contribution in [0.4, 0.5) is 0 Å². The van der Waals surface area contributed by atoms with Crippen molar-refractivity contribution >= 4 is 40.5 Å². The second-order valence-electron chi connectivity index (χ2n) is 5.68. The van der Waals surface area contributed by atoms with Gasteiger partial charge in [0.1, 0.15) is 5.52 Å². The number of hydrogen-bond donors (Lipinski definition) is 1. The summed E-state index contributed by atoms with van der Waals surface area (Å²) >= 11 is 7.16. The number of hydrogen-bond acceptors (Lipinski definition) is 4. The molecule has 5 nitrogen and oxygen atoms in total. The lowest BCUT2D eigenvalue weighted by atomic mass is 9.90. The van der Waals surface area contributed by atoms with E-state index in [1.807, 2.05) is 4.57 Å². The molecule has 0 atom stereocenters. The zero-order valence-electron chi connectivity index (χ0n) is 12.3. The molecule has 1 N–H and O–H groups in total. The van der Waals surface area contributed by atoms with Gasteiger partial charge in [-0.25, -0.2) is 9.97 Å². The summed E-state index contributed by atoms with van der Waals surface area (Å²) in [6.07, 6.45) is 2.59. The fourth-order valence-electron chi connectivity index (χ4n) is 1.88. The standard InChI is InChI=1S/C14H18ClN3O2S/c1-4-14(2,3)8-18-12-10(5-9(15)6-16-12)17-13(18)21-7-11(19)20/h5-6H,4,7-8H2,1-3H3,(H,19,20). The summed E-state index contributed by atoms with van der Waals surface area (Å²) in [6, 6.07) is 1.75. The van der Waals surface area contributed by atoms with E-state index in [2.05, 4.69) is 30.7 Å². The average Bonchev–Trinajstić information content (AvgIpc) is 2.73. The minimum Gasteiger partial charge on any atom is -0.481 e. The van der Waals surface area contributed by atoms with Gasteiger partial charge in [0.15, 0.2) is 10.8 Å². The van der Waals surface area contributed by atoms with E-state index in [4.69, 9.17) is 16.7 Å². The molecule has 0 aromatic carbocycles. The molecule has 0 spiro atoms. The van der Waals surface area contributed by atoms with Crippen LogP contribution < -0.4 is 0 Å². The molecule has 0 aliphatic carbocycles. The van der Waals surface area contributed by atoms with Gasteiger partial charge in [-0.3, -0.25) is 4.79 Å². The second kappa shape index (κ2) is 6.23. The van der Waals surface area contributed by atoms with Crippen molar-refractivity contribution in [3.8, 4) is 0 Å². The molecule has 7 heteroatoms. The lowest BCUT2D eigenvalue weighted by Crippen LogP contribution is -2.19. The Morgan fingerprint density at radius 2 is 2.24 bits per heavy atom. The van der Waals surface area contributed by atoms with Crippen molar-refractivity contribution in [2.75, 3.05) is 5.75 Å². The largest absolute Gasteiger partial charge is 0.481 e. The molecule has 0 amide bonds. The van der Waals surface area contributed by atoms with Crippen LogP contribution in [0.15, 0.2) is 17.4 Å². The number of aliphatic carboxylic acids is 1. The molecule has 0 saturated carbocycles. The minimum absolute atomic E-state index is 0.0242. The van der Waals surface area contributed by atoms with Gasteiger partial charge in [-0.2, -0.15) is 0 Å². The van der Waals surface area contributed by atoms with Crippen molar-refractivity contribution in [3.63, 3.8) is 0 Å². The van der Waals surface area contributed by atoms with E-state index in [1.165, 1.54) is 11.8 Å². The number of aromatic nitrogens is 3. The third-order valence-electron chi connectivity index (χ3n) is 3.38. The van der Waals surface area contributed by atoms with Gasteiger partial charge < -0.3 is 9.67 Å². The van der Waals surface area contributed by atoms with E-state index in [0.29, 0.717) is 15.7 Å². The van der Waals surface area contributed by atoms with Crippen LogP contribution in [0.3, 0.4) is 0 Å². The predicted octanol–water partition coefficient (Wildman–Crippen LogP) is 3.70. The highest BCUT2D eigenvalue weighted by atomic mass is 35.5. The van der Waals surface area contributed by atoms with Crippen LogP contribution in [0, 0.1) is 5.41 Å². The van der Waals surface area contributed by atoms with Gasteiger partial charge in [0.05, 0.1) is 10.8 Å². The van der Waals surface area contributed by atoms with Crippen LogP contribution in [-0.2, 0) is 11.3 Å². The number of nitrogens with zero attached hydrogens (tertiary/aromatic N) is 3. The smallest absolute Gasteiger partial charge is 0.313 e. The number of fused-ring (bicyclic) bond motifs is 1. The van der Waals surface area contributed by atoms with Crippen molar-refractivity contribution < 1.29 is 9.90 Å². The summed E-state index contributed by atoms with van der Waals surface area (Å²) in [5, 5.41) is 10.1. The average molecular weight is 328 g/mol. The van der Waals surface area contributed by atoms with Crippen molar-refractivity contribution in [1.29, 1.82) is 0 Å². The lowest BCUT2D eigenvalue weighted by Gasteiger charge is -2.24. The molecule has 114 valence electrons. The Bertz CT molecular complexity index is 670. The maximum atomic E-state index is 10.8. The predicted molar refractivity (Wildman–Crippen MR) is 85.0 cm³/mol. The van der Waals surface area contributed by atoms with E-state index in [-0.39, 0.29) is 11.2 Å². The molecule has 2 aromatic rings. The van der Waals surface area contributed by atoms with Gasteiger partial charge >= 0.3 is 5.97 Å². The van der Waals surface area contributed by atoms with Crippen molar-refractivity contribution in [1.82, 2.24) is 14.5 Å². The van der Waals surface area contributed by atoms with E-state index in [1.54, 1.807) is 12.3 Å². The number of carbonyl (C=O) groups is 1. The molecule has 2 heterocycles. The molecule has 0 fully saturated rings. The second-order valence-corrected chi connectivity index (χ2v) is 7.06. The zero-order valence-corrected chi connectivity index (χ0v) is 13.8. The Kier molecular flexibility index (Phi) is 4.78. The number of carboxylic acid groups (broad SMARTS) is 1. The minimum atomic E-state index is -0.862. The third kappa shape index (κ3) is 3.89. The lowest BCUT2D eigenvalue weighted by molar-refractivity contribution is -0.133. The zero-order chi connectivity index (χ0) is 15.6. The quantitative estimate of drug-likeness (QED) is 0.819. The van der Waals surface area contributed by atoms with Crippen molar-refractivity contribution in [2.24, 2.45) is 5.41 Å². The molecular formula is C14H18ClN3O2S. The number of pyridine rings is 1. The SMILES string of the molecule is CCC(C)(C)Cn1c(SCC(=O)O)nc2cc(Cl)cnc21. The van der Waals surface area contributed by atoms with Crippen LogP contribution in [0.25, 0.3) is 11.2 Å². The van der Waals surface area contributed by atoms with Gasteiger partial charge in [0.25, 0.3) is 0 Å². The van der Waals surface area contributed by atoms with Gasteiger partial charge in [0.2, 0.25) is 0 Å². The fourth-order valence-corrected chi connectivity index (χ4v) is 2.76. The molecule has 0 saturated heterocycles. The number of rotatable bonds is 6. The Labute approximate surface area is 132 Å². The van der Waals surface area contributed by atoms with E-state index < -0.39 is 5.97 Å². The van der Waals surface area contributed by atoms with Gasteiger partial charge in [-0.15, -0.1) is 0 Å². The first-order valence-corrected chi connectivity index (χ1v) is 8.05. The molecule has 0 aliphatic rings. The highest BCUT2D eigenvalue weighted by Crippen LogP contribution is 2.30. The molecule has 2 aromatic heterocycles. The van der Waals surface area contributed by atoms with Crippen LogP contribution >= 0.6 is 23.4 Å². The molecule has 0 unspecified atom stereocenters. The summed E-state index contributed by atoms with van der Waals surface area (Å²) < 4.78 is 1.99. The number of carboxylic acids is 1. The van der Waals surface area contributed by atoms with E-state index in [0.717, 1.165) is 18.6 Å². The highest BCUT2D eigenvalue weighted by Gasteiger charge is 2.21. The topological polar surface area (TPSA) is 68.0 Å². The molecule has 0 aliphatic heterocycles. The Hall–Kier alpha value is -1.27. The molecule has 0 bridgehead atoms. The monoisotopic (exact) mass is 327 g/mol. The molecular weight excluding hydrogens is 310 g/mol. The summed E-state index contributed by atoms with van der Waals surface area (Å²) in [7, 11) is 0. The first-order chi connectivity index (χ1) is 9.82.